The Morgan fingerprint density at radius 2 is 0.545 bits per heavy atom. The zero-order valence-electron chi connectivity index (χ0n) is 64.0. The Kier molecular flexibility index (Phi) is 73.7. The van der Waals surface area contributed by atoms with Gasteiger partial charge in [0.15, 0.2) is 12.4 Å². The van der Waals surface area contributed by atoms with Crippen LogP contribution in [0.25, 0.3) is 0 Å². The van der Waals surface area contributed by atoms with Crippen LogP contribution in [-0.2, 0) is 33.3 Å². The van der Waals surface area contributed by atoms with Crippen molar-refractivity contribution in [3.8, 4) is 0 Å². The summed E-state index contributed by atoms with van der Waals surface area (Å²) in [5.74, 6) is -2.29. The molecule has 0 aromatic heterocycles. The fraction of sp³-hybridized carbons (Fsp3) is 0.633. The predicted molar refractivity (Wildman–Crippen MR) is 425 cm³/mol. The van der Waals surface area contributed by atoms with E-state index < -0.39 is 24.3 Å². The highest BCUT2D eigenvalue weighted by Gasteiger charge is 2.22. The number of hydrogen-bond donors (Lipinski definition) is 0. The molecule has 9 nitrogen and oxygen atoms in total. The Hall–Kier alpha value is -5.61. The van der Waals surface area contributed by atoms with Crippen LogP contribution >= 0.6 is 0 Å². The highest BCUT2D eigenvalue weighted by atomic mass is 16.7. The number of likely N-dealkylation sites (N-methyl/N-ethyl adjacent to an activating group) is 1. The number of ether oxygens (including phenoxy) is 4. The Labute approximate surface area is 609 Å². The summed E-state index contributed by atoms with van der Waals surface area (Å²) in [6.45, 7) is 4.52. The summed E-state index contributed by atoms with van der Waals surface area (Å²) in [5, 5.41) is 11.9. The normalized spacial score (nSPS) is 13.7. The van der Waals surface area contributed by atoms with Crippen molar-refractivity contribution in [2.75, 3.05) is 47.5 Å². The van der Waals surface area contributed by atoms with Crippen LogP contribution in [0, 0.1) is 0 Å². The second-order valence-corrected chi connectivity index (χ2v) is 27.2. The molecule has 560 valence electrons. The van der Waals surface area contributed by atoms with E-state index in [2.05, 4.69) is 196 Å². The van der Waals surface area contributed by atoms with Crippen LogP contribution in [0.4, 0.5) is 0 Å². The first-order valence-electron chi connectivity index (χ1n) is 39.9. The van der Waals surface area contributed by atoms with E-state index in [1.807, 2.05) is 21.1 Å². The van der Waals surface area contributed by atoms with E-state index in [9.17, 15) is 19.5 Å². The van der Waals surface area contributed by atoms with Gasteiger partial charge < -0.3 is 33.3 Å². The summed E-state index contributed by atoms with van der Waals surface area (Å²) in [5.41, 5.74) is 0. The van der Waals surface area contributed by atoms with Gasteiger partial charge in [0.2, 0.25) is 0 Å². The summed E-state index contributed by atoms with van der Waals surface area (Å²) >= 11 is 0. The molecule has 0 aliphatic rings. The third-order valence-corrected chi connectivity index (χ3v) is 16.6. The van der Waals surface area contributed by atoms with Crippen molar-refractivity contribution in [2.24, 2.45) is 0 Å². The number of hydrogen-bond acceptors (Lipinski definition) is 8. The number of carbonyl (C=O) groups is 3. The standard InChI is InChI=1S/C90H147NO8/c1-6-8-10-12-14-16-18-20-22-24-26-28-30-32-34-36-38-40-41-42-43-44-45-46-47-49-51-53-55-57-59-61-63-65-67-69-71-73-75-77-79-81-88(93)99-86(85-98-90(89(94)95)96-83-82-91(3,4)5)84-97-87(92)80-78-76-74-72-70-68-66-64-62-60-58-56-54-52-50-48-39-37-35-33-31-29-27-25-23-21-19-17-15-13-11-9-7-2/h8-11,14-17,20-23,26-29,32-35,38-40,42-43,45-46,48-49,51,86,90H,6-7,12-13,18-19,24-25,30-31,36-37,41,44,47,50,52-85H2,1-5H3/b10-8-,11-9-,16-14-,17-15-,22-20-,23-21-,28-26-,29-27-,34-32-,35-33-,40-38-,43-42-,46-45-,48-39-,51-49-. The van der Waals surface area contributed by atoms with Gasteiger partial charge in [-0.2, -0.15) is 0 Å². The highest BCUT2D eigenvalue weighted by molar-refractivity contribution is 5.70. The third kappa shape index (κ3) is 79.6. The van der Waals surface area contributed by atoms with Gasteiger partial charge in [-0.3, -0.25) is 9.59 Å². The summed E-state index contributed by atoms with van der Waals surface area (Å²) < 4.78 is 22.9. The van der Waals surface area contributed by atoms with Gasteiger partial charge in [0.05, 0.1) is 40.3 Å². The molecule has 0 aliphatic heterocycles. The van der Waals surface area contributed by atoms with Gasteiger partial charge >= 0.3 is 11.9 Å². The molecule has 0 aromatic carbocycles. The van der Waals surface area contributed by atoms with Gasteiger partial charge in [-0.1, -0.05) is 344 Å². The lowest BCUT2D eigenvalue weighted by molar-refractivity contribution is -0.870. The molecule has 2 atom stereocenters. The Morgan fingerprint density at radius 1 is 0.303 bits per heavy atom. The lowest BCUT2D eigenvalue weighted by atomic mass is 10.0. The maximum Gasteiger partial charge on any atom is 0.306 e. The van der Waals surface area contributed by atoms with E-state index in [1.54, 1.807) is 0 Å². The lowest BCUT2D eigenvalue weighted by Crippen LogP contribution is -2.44. The number of rotatable bonds is 72. The zero-order chi connectivity index (χ0) is 71.8. The molecule has 0 aliphatic carbocycles. The quantitative estimate of drug-likeness (QED) is 0.0195. The molecule has 0 bridgehead atoms. The molecule has 9 heteroatoms. The second-order valence-electron chi connectivity index (χ2n) is 27.2. The molecule has 0 saturated carbocycles. The SMILES string of the molecule is CC/C=C\C/C=C\C/C=C\C/C=C\C/C=C\C/C=C\C/C=C\C/C=C\C/C=C\CCCCCCCCCCCCCCCC(=O)OC(COC(=O)CCCCCCCCCCCCCCCC/C=C\C/C=C\C/C=C\C/C=C\C/C=C\C/C=C\CC)COC(OCC[N+](C)(C)C)C(=O)[O-]. The molecule has 0 fully saturated rings. The summed E-state index contributed by atoms with van der Waals surface area (Å²) in [6, 6.07) is 0. The minimum atomic E-state index is -1.63. The molecule has 99 heavy (non-hydrogen) atoms. The largest absolute Gasteiger partial charge is 0.545 e. The van der Waals surface area contributed by atoms with Crippen LogP contribution in [0.2, 0.25) is 0 Å². The fourth-order valence-electron chi connectivity index (χ4n) is 10.7. The summed E-state index contributed by atoms with van der Waals surface area (Å²) in [7, 11) is 5.93. The minimum Gasteiger partial charge on any atom is -0.545 e. The zero-order valence-corrected chi connectivity index (χ0v) is 64.0. The number of carboxylic acids is 1. The molecule has 0 heterocycles. The van der Waals surface area contributed by atoms with Gasteiger partial charge in [-0.25, -0.2) is 0 Å². The number of quaternary nitrogens is 1. The Bertz CT molecular complexity index is 2290. The van der Waals surface area contributed by atoms with Gasteiger partial charge in [-0.15, -0.1) is 0 Å². The maximum atomic E-state index is 13.0. The van der Waals surface area contributed by atoms with Crippen LogP contribution in [0.1, 0.15) is 309 Å². The minimum absolute atomic E-state index is 0.141. The number of esters is 2. The molecule has 0 rings (SSSR count). The van der Waals surface area contributed by atoms with Crippen molar-refractivity contribution in [1.29, 1.82) is 0 Å². The van der Waals surface area contributed by atoms with E-state index in [4.69, 9.17) is 18.9 Å². The molecular formula is C90H147NO8. The number of nitrogens with zero attached hydrogens (tertiary/aromatic N) is 1. The Morgan fingerprint density at radius 3 is 0.808 bits per heavy atom. The summed E-state index contributed by atoms with van der Waals surface area (Å²) in [4.78, 5) is 37.6. The molecule has 2 unspecified atom stereocenters. The second kappa shape index (κ2) is 78.1. The molecule has 0 radical (unpaired) electrons. The first kappa shape index (κ1) is 93.4. The first-order valence-corrected chi connectivity index (χ1v) is 39.9. The molecule has 0 N–H and O–H groups in total. The van der Waals surface area contributed by atoms with Crippen molar-refractivity contribution >= 4 is 17.9 Å². The van der Waals surface area contributed by atoms with E-state index in [-0.39, 0.29) is 38.6 Å². The van der Waals surface area contributed by atoms with Crippen LogP contribution in [0.15, 0.2) is 182 Å². The monoisotopic (exact) mass is 1370 g/mol. The van der Waals surface area contributed by atoms with E-state index in [0.29, 0.717) is 17.4 Å². The topological polar surface area (TPSA) is 111 Å². The number of carboxylic acid groups (broad SMARTS) is 1. The molecule has 0 aromatic rings. The van der Waals surface area contributed by atoms with Gasteiger partial charge in [0.25, 0.3) is 0 Å². The number of aliphatic carboxylic acids is 1. The molecular weight excluding hydrogens is 1220 g/mol. The molecule has 0 saturated heterocycles. The van der Waals surface area contributed by atoms with Crippen LogP contribution in [-0.4, -0.2) is 82.3 Å². The van der Waals surface area contributed by atoms with Crippen molar-refractivity contribution < 1.29 is 42.9 Å². The number of allylic oxidation sites excluding steroid dienone is 30. The van der Waals surface area contributed by atoms with Crippen LogP contribution in [0.5, 0.6) is 0 Å². The van der Waals surface area contributed by atoms with E-state index in [0.717, 1.165) is 135 Å². The number of unbranched alkanes of at least 4 members (excludes halogenated alkanes) is 27. The Balaban J connectivity index is 4.09. The smallest absolute Gasteiger partial charge is 0.306 e. The van der Waals surface area contributed by atoms with E-state index in [1.165, 1.54) is 141 Å². The number of carbonyl (C=O) groups excluding carboxylic acids is 3. The van der Waals surface area contributed by atoms with Gasteiger partial charge in [-0.05, 0) is 135 Å². The third-order valence-electron chi connectivity index (χ3n) is 16.6. The van der Waals surface area contributed by atoms with E-state index >= 15 is 0 Å². The van der Waals surface area contributed by atoms with Crippen molar-refractivity contribution in [1.82, 2.24) is 0 Å². The molecule has 0 amide bonds. The van der Waals surface area contributed by atoms with Gasteiger partial charge in [0, 0.05) is 12.8 Å². The maximum absolute atomic E-state index is 13.0. The first-order chi connectivity index (χ1) is 48.6. The fourth-order valence-corrected chi connectivity index (χ4v) is 10.7. The average Bonchev–Trinajstić information content (AvgIpc) is 2.62. The predicted octanol–water partition coefficient (Wildman–Crippen LogP) is 24.6. The van der Waals surface area contributed by atoms with Crippen LogP contribution in [0.3, 0.4) is 0 Å². The summed E-state index contributed by atoms with van der Waals surface area (Å²) in [6.07, 6.45) is 116. The van der Waals surface area contributed by atoms with Gasteiger partial charge in [0.1, 0.15) is 13.2 Å². The van der Waals surface area contributed by atoms with Crippen molar-refractivity contribution in [3.05, 3.63) is 182 Å². The van der Waals surface area contributed by atoms with Crippen LogP contribution < -0.4 is 5.11 Å². The lowest BCUT2D eigenvalue weighted by Gasteiger charge is -2.26. The van der Waals surface area contributed by atoms with Crippen molar-refractivity contribution in [2.45, 2.75) is 322 Å². The highest BCUT2D eigenvalue weighted by Crippen LogP contribution is 2.17. The van der Waals surface area contributed by atoms with Crippen molar-refractivity contribution in [3.63, 3.8) is 0 Å². The molecule has 0 spiro atoms. The average molecular weight is 1370 g/mol.